The number of carboxylic acids is 1. The third kappa shape index (κ3) is 8.80. The van der Waals surface area contributed by atoms with E-state index in [4.69, 9.17) is 38.3 Å². The molecule has 59 heavy (non-hydrogen) atoms. The summed E-state index contributed by atoms with van der Waals surface area (Å²) in [6.07, 6.45) is -3.60. The maximum Gasteiger partial charge on any atom is 0.490 e. The Balaban J connectivity index is 0.000000171. The molecule has 1 aliphatic rings. The topological polar surface area (TPSA) is 190 Å². The van der Waals surface area contributed by atoms with Crippen LogP contribution in [-0.2, 0) is 4.79 Å². The zero-order chi connectivity index (χ0) is 42.3. The highest BCUT2D eigenvalue weighted by Gasteiger charge is 2.38. The number of halogens is 3. The fourth-order valence-corrected chi connectivity index (χ4v) is 6.40. The summed E-state index contributed by atoms with van der Waals surface area (Å²) in [6, 6.07) is 23.8. The predicted octanol–water partition coefficient (Wildman–Crippen LogP) is 7.49. The second-order valence-corrected chi connectivity index (χ2v) is 12.5. The molecule has 0 amide bonds. The molecule has 0 aliphatic carbocycles. The fraction of sp³-hybridized carbons (Fsp3) is 0.220. The number of rotatable bonds is 10. The minimum Gasteiger partial charge on any atom is -0.497 e. The summed E-state index contributed by atoms with van der Waals surface area (Å²) in [5.41, 5.74) is 7.89. The molecule has 18 heteroatoms. The summed E-state index contributed by atoms with van der Waals surface area (Å²) in [5.74, 6) is 3.11. The van der Waals surface area contributed by atoms with Gasteiger partial charge in [0.1, 0.15) is 23.7 Å². The summed E-state index contributed by atoms with van der Waals surface area (Å²) < 4.78 is 64.1. The number of alkyl halides is 3. The van der Waals surface area contributed by atoms with Crippen molar-refractivity contribution in [1.82, 2.24) is 30.5 Å². The van der Waals surface area contributed by atoms with Gasteiger partial charge in [0.05, 0.1) is 71.6 Å². The maximum absolute atomic E-state index is 10.6. The average Bonchev–Trinajstić information content (AvgIpc) is 4.09. The van der Waals surface area contributed by atoms with Gasteiger partial charge in [-0.15, -0.1) is 0 Å². The molecule has 7 aromatic rings. The fourth-order valence-electron chi connectivity index (χ4n) is 6.40. The van der Waals surface area contributed by atoms with Gasteiger partial charge >= 0.3 is 12.1 Å². The Kier molecular flexibility index (Phi) is 12.5. The van der Waals surface area contributed by atoms with Crippen molar-refractivity contribution in [2.75, 3.05) is 55.7 Å². The van der Waals surface area contributed by atoms with Gasteiger partial charge in [0, 0.05) is 40.6 Å². The largest absolute Gasteiger partial charge is 0.497 e. The van der Waals surface area contributed by atoms with Crippen LogP contribution in [0.1, 0.15) is 5.69 Å². The van der Waals surface area contributed by atoms with Crippen molar-refractivity contribution in [2.45, 2.75) is 6.18 Å². The molecule has 15 nitrogen and oxygen atoms in total. The number of hydrogen-bond donors (Lipinski definition) is 5. The molecule has 5 N–H and O–H groups in total. The van der Waals surface area contributed by atoms with E-state index in [2.05, 4.69) is 47.6 Å². The van der Waals surface area contributed by atoms with Gasteiger partial charge in [0.25, 0.3) is 0 Å². The van der Waals surface area contributed by atoms with E-state index < -0.39 is 12.1 Å². The number of fused-ring (bicyclic) bond motifs is 2. The van der Waals surface area contributed by atoms with Crippen molar-refractivity contribution >= 4 is 33.6 Å². The van der Waals surface area contributed by atoms with Gasteiger partial charge in [-0.1, -0.05) is 24.3 Å². The van der Waals surface area contributed by atoms with Gasteiger partial charge < -0.3 is 48.8 Å². The molecule has 4 heterocycles. The molecule has 1 aliphatic heterocycles. The number of nitrogens with zero attached hydrogens (tertiary/aromatic N) is 3. The summed E-state index contributed by atoms with van der Waals surface area (Å²) in [5, 5.41) is 19.4. The number of nitrogens with one attached hydrogen (secondary N) is 4. The smallest absolute Gasteiger partial charge is 0.490 e. The molecule has 0 fully saturated rings. The number of aliphatic carboxylic acids is 1. The van der Waals surface area contributed by atoms with Crippen molar-refractivity contribution in [3.8, 4) is 68.3 Å². The van der Waals surface area contributed by atoms with Gasteiger partial charge in [0.15, 0.2) is 28.8 Å². The zero-order valence-corrected chi connectivity index (χ0v) is 32.7. The monoisotopic (exact) mass is 815 g/mol. The number of carboxylic acid groups (broad SMARTS) is 1. The lowest BCUT2D eigenvalue weighted by molar-refractivity contribution is -0.192. The molecule has 0 unspecified atom stereocenters. The highest BCUT2D eigenvalue weighted by Crippen LogP contribution is 2.43. The van der Waals surface area contributed by atoms with Crippen molar-refractivity contribution in [1.29, 1.82) is 0 Å². The van der Waals surface area contributed by atoms with E-state index in [1.54, 1.807) is 42.7 Å². The average molecular weight is 816 g/mol. The standard InChI is InChI=1S/C20H21N3O3.C19H18N4O3.C2HF3O2/c1-24-13-6-4-12(5-7-13)18-14-10-16(25-2)17(26-3)11-15(14)23-19(18)20-21-8-9-22-20;1-24-12-6-4-11(5-7-12)17-13-8-15(25-2)16(26-3)9-14(13)22-18(17)19-20-10-21-23-19;3-2(4,5)1(6)7/h4-7,10-11,23H,8-9H2,1-3H3,(H,21,22);4-10,22H,1-3H3,(H,20,21,23);(H,6,7). The number of carbonyl (C=O) groups is 1. The molecule has 0 saturated carbocycles. The molecule has 0 radical (unpaired) electrons. The van der Waals surface area contributed by atoms with Gasteiger partial charge in [-0.05, 0) is 47.5 Å². The third-order valence-corrected chi connectivity index (χ3v) is 9.17. The van der Waals surface area contributed by atoms with Crippen LogP contribution in [0.15, 0.2) is 84.1 Å². The van der Waals surface area contributed by atoms with E-state index in [1.807, 2.05) is 60.7 Å². The Morgan fingerprint density at radius 2 is 1.10 bits per heavy atom. The number of hydrogen-bond acceptors (Lipinski definition) is 11. The lowest BCUT2D eigenvalue weighted by Gasteiger charge is -2.09. The van der Waals surface area contributed by atoms with Crippen LogP contribution in [0.5, 0.6) is 34.5 Å². The lowest BCUT2D eigenvalue weighted by Crippen LogP contribution is -2.21. The summed E-state index contributed by atoms with van der Waals surface area (Å²) in [6.45, 7) is 1.62. The molecular weight excluding hydrogens is 775 g/mol. The van der Waals surface area contributed by atoms with Crippen molar-refractivity contribution in [3.05, 3.63) is 84.8 Å². The summed E-state index contributed by atoms with van der Waals surface area (Å²) in [7, 11) is 9.85. The minimum absolute atomic E-state index is 0.657. The summed E-state index contributed by atoms with van der Waals surface area (Å²) in [4.78, 5) is 24.7. The van der Waals surface area contributed by atoms with Crippen LogP contribution in [0.25, 0.3) is 55.6 Å². The molecule has 0 spiro atoms. The number of benzene rings is 4. The van der Waals surface area contributed by atoms with Crippen LogP contribution in [0.2, 0.25) is 0 Å². The molecule has 308 valence electrons. The molecule has 8 rings (SSSR count). The quantitative estimate of drug-likeness (QED) is 0.0920. The van der Waals surface area contributed by atoms with Gasteiger partial charge in [-0.3, -0.25) is 10.1 Å². The number of ether oxygens (including phenoxy) is 6. The van der Waals surface area contributed by atoms with Gasteiger partial charge in [-0.2, -0.15) is 18.3 Å². The first kappa shape index (κ1) is 41.3. The Hall–Kier alpha value is -7.37. The SMILES string of the molecule is COc1ccc(-c2c(-c3ncn[nH]3)[nH]c3cc(OC)c(OC)cc23)cc1.COc1ccc(-c2c(C3=NCCN3)[nH]c3cc(OC)c(OC)cc23)cc1.O=C(O)C(F)(F)F. The second-order valence-electron chi connectivity index (χ2n) is 12.5. The predicted molar refractivity (Wildman–Crippen MR) is 215 cm³/mol. The number of aliphatic imine (C=N–C) groups is 1. The summed E-state index contributed by atoms with van der Waals surface area (Å²) >= 11 is 0. The Bertz CT molecular complexity index is 2570. The maximum atomic E-state index is 10.6. The van der Waals surface area contributed by atoms with Gasteiger partial charge in [0.2, 0.25) is 0 Å². The van der Waals surface area contributed by atoms with Crippen LogP contribution in [-0.4, -0.2) is 104 Å². The van der Waals surface area contributed by atoms with Crippen LogP contribution in [0.3, 0.4) is 0 Å². The number of amidine groups is 1. The van der Waals surface area contributed by atoms with Crippen LogP contribution in [0.4, 0.5) is 13.2 Å². The molecule has 4 aromatic carbocycles. The highest BCUT2D eigenvalue weighted by molar-refractivity contribution is 6.12. The second kappa shape index (κ2) is 17.8. The van der Waals surface area contributed by atoms with Crippen molar-refractivity contribution < 1.29 is 51.5 Å². The number of H-pyrrole nitrogens is 3. The molecule has 0 atom stereocenters. The zero-order valence-electron chi connectivity index (χ0n) is 32.7. The van der Waals surface area contributed by atoms with E-state index in [9.17, 15) is 13.2 Å². The van der Waals surface area contributed by atoms with E-state index in [-0.39, 0.29) is 0 Å². The van der Waals surface area contributed by atoms with Crippen molar-refractivity contribution in [3.63, 3.8) is 0 Å². The third-order valence-electron chi connectivity index (χ3n) is 9.17. The Morgan fingerprint density at radius 1 is 0.661 bits per heavy atom. The number of aromatic amines is 3. The van der Waals surface area contributed by atoms with Crippen LogP contribution >= 0.6 is 0 Å². The Morgan fingerprint density at radius 3 is 1.47 bits per heavy atom. The highest BCUT2D eigenvalue weighted by atomic mass is 19.4. The first-order valence-electron chi connectivity index (χ1n) is 17.7. The van der Waals surface area contributed by atoms with E-state index in [1.165, 1.54) is 6.33 Å². The Labute approximate surface area is 335 Å². The van der Waals surface area contributed by atoms with Crippen LogP contribution < -0.4 is 33.7 Å². The van der Waals surface area contributed by atoms with E-state index in [0.29, 0.717) is 28.8 Å². The van der Waals surface area contributed by atoms with E-state index >= 15 is 0 Å². The van der Waals surface area contributed by atoms with Crippen LogP contribution in [0, 0.1) is 0 Å². The molecule has 0 bridgehead atoms. The van der Waals surface area contributed by atoms with E-state index in [0.717, 1.165) is 85.9 Å². The molecule has 0 saturated heterocycles. The van der Waals surface area contributed by atoms with Crippen molar-refractivity contribution in [2.24, 2.45) is 4.99 Å². The molecule has 3 aromatic heterocycles. The molecular formula is C41H40F3N7O8. The first-order valence-corrected chi connectivity index (χ1v) is 17.7. The first-order chi connectivity index (χ1) is 28.4. The minimum atomic E-state index is -5.08. The lowest BCUT2D eigenvalue weighted by atomic mass is 10.0. The normalized spacial score (nSPS) is 12.1. The number of aromatic nitrogens is 5. The number of methoxy groups -OCH3 is 6. The van der Waals surface area contributed by atoms with Gasteiger partial charge in [-0.25, -0.2) is 9.78 Å².